The average molecular weight is 336 g/mol. The third-order valence-corrected chi connectivity index (χ3v) is 2.38. The first kappa shape index (κ1) is 12.7. The second kappa shape index (κ2) is 6.19. The maximum absolute atomic E-state index is 2.51. The Labute approximate surface area is 91.8 Å². The Bertz CT molecular complexity index is 88.8. The first-order valence-corrected chi connectivity index (χ1v) is 4.78. The summed E-state index contributed by atoms with van der Waals surface area (Å²) >= 11 is 0. The maximum Gasteiger partial charge on any atom is 2.00 e. The summed E-state index contributed by atoms with van der Waals surface area (Å²) in [5.74, 6) is 3.58. The number of hydrogen-bond donors (Lipinski definition) is 0. The van der Waals surface area contributed by atoms with Gasteiger partial charge in [-0.05, 0) is 0 Å². The van der Waals surface area contributed by atoms with E-state index in [9.17, 15) is 0 Å². The molecule has 0 N–H and O–H groups in total. The monoisotopic (exact) mass is 336 g/mol. The van der Waals surface area contributed by atoms with E-state index in [0.29, 0.717) is 0 Å². The molecular weight excluding hydrogens is 316 g/mol. The van der Waals surface area contributed by atoms with E-state index in [1.165, 1.54) is 31.6 Å². The Morgan fingerprint density at radius 3 is 1.83 bits per heavy atom. The van der Waals surface area contributed by atoms with Crippen LogP contribution in [0.15, 0.2) is 0 Å². The zero-order chi connectivity index (χ0) is 8.27. The van der Waals surface area contributed by atoms with Crippen molar-refractivity contribution in [2.24, 2.45) is 11.8 Å². The third-order valence-electron chi connectivity index (χ3n) is 2.38. The van der Waals surface area contributed by atoms with Crippen molar-refractivity contribution in [1.82, 2.24) is 0 Å². The van der Waals surface area contributed by atoms with Crippen molar-refractivity contribution in [3.05, 3.63) is 12.3 Å². The van der Waals surface area contributed by atoms with Crippen LogP contribution >= 0.6 is 0 Å². The van der Waals surface area contributed by atoms with Crippen LogP contribution < -0.4 is 0 Å². The predicted molar refractivity (Wildman–Crippen MR) is 50.0 cm³/mol. The van der Waals surface area contributed by atoms with E-state index in [-0.39, 0.29) is 21.1 Å². The van der Waals surface area contributed by atoms with Gasteiger partial charge in [-0.3, -0.25) is 0 Å². The van der Waals surface area contributed by atoms with Gasteiger partial charge in [0, 0.05) is 0 Å². The van der Waals surface area contributed by atoms with Gasteiger partial charge in [-0.15, -0.1) is 0 Å². The van der Waals surface area contributed by atoms with Crippen LogP contribution in [0, 0.1) is 24.2 Å². The molecule has 12 heavy (non-hydrogen) atoms. The van der Waals surface area contributed by atoms with Gasteiger partial charge < -0.3 is 12.3 Å². The smallest absolute Gasteiger partial charge is 0.325 e. The molecule has 2 bridgehead atoms. The minimum Gasteiger partial charge on any atom is -0.325 e. The van der Waals surface area contributed by atoms with Crippen molar-refractivity contribution < 1.29 is 21.1 Å². The van der Waals surface area contributed by atoms with Crippen molar-refractivity contribution in [3.8, 4) is 0 Å². The van der Waals surface area contributed by atoms with Gasteiger partial charge in [0.25, 0.3) is 0 Å². The van der Waals surface area contributed by atoms with Crippen LogP contribution in [-0.4, -0.2) is 0 Å². The summed E-state index contributed by atoms with van der Waals surface area (Å²) < 4.78 is 0. The molecular formula is C11H20W. The van der Waals surface area contributed by atoms with Crippen LogP contribution in [0.3, 0.4) is 0 Å². The average Bonchev–Trinajstić information content (AvgIpc) is 2.45. The first-order valence-electron chi connectivity index (χ1n) is 4.78. The van der Waals surface area contributed by atoms with Gasteiger partial charge in [0.1, 0.15) is 0 Å². The molecule has 2 rings (SSSR count). The number of fused-ring (bicyclic) bond motifs is 2. The molecule has 0 radical (unpaired) electrons. The van der Waals surface area contributed by atoms with Crippen LogP contribution in [0.1, 0.15) is 46.5 Å². The van der Waals surface area contributed by atoms with E-state index in [4.69, 9.17) is 0 Å². The zero-order valence-corrected chi connectivity index (χ0v) is 11.4. The second-order valence-electron chi connectivity index (χ2n) is 4.41. The molecule has 2 unspecified atom stereocenters. The van der Waals surface area contributed by atoms with Crippen molar-refractivity contribution in [3.63, 3.8) is 0 Å². The van der Waals surface area contributed by atoms with Crippen LogP contribution in [-0.2, 0) is 21.1 Å². The molecule has 0 amide bonds. The van der Waals surface area contributed by atoms with Gasteiger partial charge in [0.05, 0.1) is 0 Å². The molecule has 2 aliphatic carbocycles. The summed E-state index contributed by atoms with van der Waals surface area (Å²) in [6.45, 7) is 6.25. The molecule has 0 nitrogen and oxygen atoms in total. The Hall–Kier alpha value is 0.688. The van der Waals surface area contributed by atoms with E-state index in [0.717, 1.165) is 11.8 Å². The summed E-state index contributed by atoms with van der Waals surface area (Å²) in [6, 6.07) is 0. The van der Waals surface area contributed by atoms with E-state index in [2.05, 4.69) is 27.2 Å². The van der Waals surface area contributed by atoms with Crippen LogP contribution in [0.5, 0.6) is 0 Å². The molecule has 1 heteroatoms. The summed E-state index contributed by atoms with van der Waals surface area (Å²) in [5, 5.41) is 0. The Kier molecular flexibility index (Phi) is 6.54. The van der Waals surface area contributed by atoms with Gasteiger partial charge in [0.15, 0.2) is 0 Å². The van der Waals surface area contributed by atoms with E-state index < -0.39 is 0 Å². The molecule has 2 fully saturated rings. The van der Waals surface area contributed by atoms with Crippen molar-refractivity contribution in [2.45, 2.75) is 46.5 Å². The molecule has 0 aromatic heterocycles. The largest absolute Gasteiger partial charge is 2.00 e. The van der Waals surface area contributed by atoms with E-state index >= 15 is 0 Å². The summed E-state index contributed by atoms with van der Waals surface area (Å²) in [6.07, 6.45) is 8.50. The minimum absolute atomic E-state index is 0. The molecule has 2 saturated carbocycles. The molecule has 0 aromatic carbocycles. The molecule has 70 valence electrons. The fourth-order valence-corrected chi connectivity index (χ4v) is 1.93. The second-order valence-corrected chi connectivity index (χ2v) is 4.41. The molecule has 0 aromatic rings. The molecule has 0 aliphatic heterocycles. The van der Waals surface area contributed by atoms with Crippen molar-refractivity contribution in [2.75, 3.05) is 0 Å². The Morgan fingerprint density at radius 1 is 1.17 bits per heavy atom. The van der Waals surface area contributed by atoms with Crippen molar-refractivity contribution in [1.29, 1.82) is 0 Å². The van der Waals surface area contributed by atoms with Crippen LogP contribution in [0.25, 0.3) is 0 Å². The third kappa shape index (κ3) is 4.65. The maximum atomic E-state index is 2.51. The van der Waals surface area contributed by atoms with Gasteiger partial charge in [-0.1, -0.05) is 25.2 Å². The van der Waals surface area contributed by atoms with Crippen LogP contribution in [0.4, 0.5) is 0 Å². The standard InChI is InChI=1S/C7H11.C4H9.W/c1-2-7-4-3-6(1)5-7;1-4(2)3;/h1,6-7H,2-5H2;1-3H3;/q2*-1;+2. The normalized spacial score (nSPS) is 31.0. The summed E-state index contributed by atoms with van der Waals surface area (Å²) in [7, 11) is 0. The summed E-state index contributed by atoms with van der Waals surface area (Å²) in [4.78, 5) is 0. The molecule has 0 heterocycles. The van der Waals surface area contributed by atoms with E-state index in [1.807, 2.05) is 0 Å². The molecule has 0 spiro atoms. The fourth-order valence-electron chi connectivity index (χ4n) is 1.93. The number of hydrogen-bond acceptors (Lipinski definition) is 0. The van der Waals surface area contributed by atoms with Gasteiger partial charge >= 0.3 is 21.1 Å². The quantitative estimate of drug-likeness (QED) is 0.593. The predicted octanol–water partition coefficient (Wildman–Crippen LogP) is 3.63. The molecule has 2 atom stereocenters. The first-order chi connectivity index (χ1) is 5.18. The Balaban J connectivity index is 0.000000217. The SMILES string of the molecule is C[C-](C)C.[CH-]1CC2CCC1C2.[W+2]. The summed E-state index contributed by atoms with van der Waals surface area (Å²) in [5.41, 5.74) is 0. The van der Waals surface area contributed by atoms with Gasteiger partial charge in [-0.25, -0.2) is 0 Å². The molecule has 2 aliphatic rings. The minimum atomic E-state index is 0. The fraction of sp³-hybridized carbons (Fsp3) is 0.818. The number of rotatable bonds is 0. The van der Waals surface area contributed by atoms with Crippen LogP contribution in [0.2, 0.25) is 0 Å². The van der Waals surface area contributed by atoms with Gasteiger partial charge in [0.2, 0.25) is 0 Å². The topological polar surface area (TPSA) is 0 Å². The van der Waals surface area contributed by atoms with E-state index in [1.54, 1.807) is 0 Å². The molecule has 0 saturated heterocycles. The Morgan fingerprint density at radius 2 is 1.75 bits per heavy atom. The zero-order valence-electron chi connectivity index (χ0n) is 8.47. The van der Waals surface area contributed by atoms with Crippen molar-refractivity contribution >= 4 is 0 Å². The van der Waals surface area contributed by atoms with Gasteiger partial charge in [-0.2, -0.15) is 33.1 Å².